The van der Waals surface area contributed by atoms with Crippen LogP contribution in [-0.4, -0.2) is 11.4 Å². The molecule has 248 valence electrons. The lowest BCUT2D eigenvalue weighted by atomic mass is 9.43. The van der Waals surface area contributed by atoms with E-state index in [4.69, 9.17) is 0 Å². The third-order valence-corrected chi connectivity index (χ3v) is 13.5. The maximum absolute atomic E-state index is 2.73. The number of benzene rings is 6. The summed E-state index contributed by atoms with van der Waals surface area (Å²) in [7, 11) is 0. The van der Waals surface area contributed by atoms with Crippen molar-refractivity contribution < 1.29 is 0 Å². The van der Waals surface area contributed by atoms with Gasteiger partial charge in [-0.15, -0.1) is 0 Å². The second-order valence-corrected chi connectivity index (χ2v) is 18.9. The van der Waals surface area contributed by atoms with Crippen molar-refractivity contribution in [3.05, 3.63) is 125 Å². The fraction of sp³-hybridized carbons (Fsp3) is 0.234. The SMILES string of the molecule is CC(C)(C)c1ccc2c(c1)c1cc(C(C)(C)C)cc3c1n2-c1c2c(cc4c1-c1ccccc1C4(C)C)-c1cccc4c1N(B23)c1ccccc1S4. The molecular formula is C47H41BN2S. The Bertz CT molecular complexity index is 2730. The minimum absolute atomic E-state index is 0.0157. The van der Waals surface area contributed by atoms with Crippen molar-refractivity contribution in [3.8, 4) is 27.9 Å². The predicted molar refractivity (Wildman–Crippen MR) is 219 cm³/mol. The van der Waals surface area contributed by atoms with E-state index in [1.165, 1.54) is 104 Å². The van der Waals surface area contributed by atoms with Crippen LogP contribution in [0, 0.1) is 0 Å². The Morgan fingerprint density at radius 3 is 2.12 bits per heavy atom. The van der Waals surface area contributed by atoms with Gasteiger partial charge in [-0.3, -0.25) is 0 Å². The largest absolute Gasteiger partial charge is 0.374 e. The molecule has 4 aliphatic rings. The average molecular weight is 677 g/mol. The Kier molecular flexibility index (Phi) is 5.53. The second kappa shape index (κ2) is 9.41. The number of fused-ring (bicyclic) bond motifs is 13. The summed E-state index contributed by atoms with van der Waals surface area (Å²) in [4.78, 5) is 5.39. The fourth-order valence-electron chi connectivity index (χ4n) is 9.84. The standard InChI is InChI=1S/C47H41BN2S/c1-45(2,3)26-20-21-36-30(22-26)32-23-27(46(4,5)6)24-35-42(32)49(36)44-40-29-14-9-10-16-33(29)47(7,8)34(40)25-31-28-15-13-19-39-43(28)50(48(35)41(31)44)37-17-11-12-18-38(37)51-39/h9-25H,1-8H3. The number of aromatic nitrogens is 1. The molecule has 7 aromatic rings. The van der Waals surface area contributed by atoms with Gasteiger partial charge in [0.2, 0.25) is 0 Å². The molecule has 0 saturated heterocycles. The van der Waals surface area contributed by atoms with Crippen LogP contribution in [0.2, 0.25) is 0 Å². The van der Waals surface area contributed by atoms with E-state index in [-0.39, 0.29) is 23.1 Å². The van der Waals surface area contributed by atoms with Crippen LogP contribution in [0.1, 0.15) is 77.6 Å². The van der Waals surface area contributed by atoms with Crippen LogP contribution in [0.25, 0.3) is 49.7 Å². The Morgan fingerprint density at radius 2 is 1.31 bits per heavy atom. The van der Waals surface area contributed by atoms with Gasteiger partial charge in [-0.25, -0.2) is 0 Å². The molecule has 0 saturated carbocycles. The van der Waals surface area contributed by atoms with Crippen molar-refractivity contribution in [1.29, 1.82) is 0 Å². The molecule has 0 unspecified atom stereocenters. The number of hydrogen-bond acceptors (Lipinski definition) is 2. The monoisotopic (exact) mass is 676 g/mol. The van der Waals surface area contributed by atoms with Crippen molar-refractivity contribution >= 4 is 62.7 Å². The quantitative estimate of drug-likeness (QED) is 0.148. The fourth-order valence-corrected chi connectivity index (χ4v) is 10.9. The van der Waals surface area contributed by atoms with Crippen LogP contribution in [0.4, 0.5) is 11.4 Å². The molecule has 0 spiro atoms. The highest BCUT2D eigenvalue weighted by molar-refractivity contribution is 7.99. The maximum Gasteiger partial charge on any atom is 0.333 e. The van der Waals surface area contributed by atoms with Gasteiger partial charge in [0.15, 0.2) is 0 Å². The van der Waals surface area contributed by atoms with E-state index in [1.807, 2.05) is 11.8 Å². The molecule has 0 amide bonds. The normalized spacial score (nSPS) is 15.8. The summed E-state index contributed by atoms with van der Waals surface area (Å²) in [5.41, 5.74) is 20.6. The summed E-state index contributed by atoms with van der Waals surface area (Å²) < 4.78 is 2.70. The van der Waals surface area contributed by atoms with Gasteiger partial charge in [0, 0.05) is 42.8 Å². The molecule has 4 heterocycles. The number of hydrogen-bond donors (Lipinski definition) is 0. The Labute approximate surface area is 305 Å². The lowest BCUT2D eigenvalue weighted by Gasteiger charge is -2.46. The maximum atomic E-state index is 2.73. The molecule has 6 aromatic carbocycles. The van der Waals surface area contributed by atoms with Crippen LogP contribution in [-0.2, 0) is 16.2 Å². The molecule has 1 aliphatic carbocycles. The smallest absolute Gasteiger partial charge is 0.333 e. The highest BCUT2D eigenvalue weighted by Gasteiger charge is 2.50. The van der Waals surface area contributed by atoms with Crippen molar-refractivity contribution in [2.75, 3.05) is 4.81 Å². The summed E-state index contributed by atoms with van der Waals surface area (Å²) in [5, 5.41) is 2.72. The van der Waals surface area contributed by atoms with Gasteiger partial charge in [-0.2, -0.15) is 0 Å². The molecule has 3 aliphatic heterocycles. The first-order valence-corrected chi connectivity index (χ1v) is 19.3. The predicted octanol–water partition coefficient (Wildman–Crippen LogP) is 11.4. The molecule has 4 heteroatoms. The van der Waals surface area contributed by atoms with E-state index in [0.29, 0.717) is 0 Å². The average Bonchev–Trinajstić information content (AvgIpc) is 3.55. The highest BCUT2D eigenvalue weighted by Crippen LogP contribution is 2.58. The number of para-hydroxylation sites is 2. The molecule has 0 atom stereocenters. The Morgan fingerprint density at radius 1 is 0.608 bits per heavy atom. The molecule has 2 nitrogen and oxygen atoms in total. The molecule has 51 heavy (non-hydrogen) atoms. The first-order valence-electron chi connectivity index (χ1n) is 18.5. The zero-order valence-corrected chi connectivity index (χ0v) is 31.5. The topological polar surface area (TPSA) is 8.17 Å². The zero-order chi connectivity index (χ0) is 34.9. The number of rotatable bonds is 0. The van der Waals surface area contributed by atoms with E-state index < -0.39 is 0 Å². The molecule has 1 aromatic heterocycles. The zero-order valence-electron chi connectivity index (χ0n) is 30.7. The van der Waals surface area contributed by atoms with Gasteiger partial charge < -0.3 is 9.38 Å². The summed E-state index contributed by atoms with van der Waals surface area (Å²) in [5.74, 6) is 0. The minimum Gasteiger partial charge on any atom is -0.374 e. The molecule has 0 N–H and O–H groups in total. The van der Waals surface area contributed by atoms with Gasteiger partial charge in [-0.1, -0.05) is 128 Å². The first-order chi connectivity index (χ1) is 24.3. The van der Waals surface area contributed by atoms with Gasteiger partial charge in [-0.05, 0) is 97.6 Å². The van der Waals surface area contributed by atoms with Gasteiger partial charge in [0.1, 0.15) is 0 Å². The van der Waals surface area contributed by atoms with Gasteiger partial charge in [0.25, 0.3) is 0 Å². The molecular weight excluding hydrogens is 635 g/mol. The molecule has 0 radical (unpaired) electrons. The van der Waals surface area contributed by atoms with Crippen molar-refractivity contribution in [2.24, 2.45) is 0 Å². The van der Waals surface area contributed by atoms with Crippen LogP contribution >= 0.6 is 11.8 Å². The molecule has 0 bridgehead atoms. The van der Waals surface area contributed by atoms with Crippen LogP contribution < -0.4 is 15.7 Å². The van der Waals surface area contributed by atoms with Gasteiger partial charge >= 0.3 is 6.85 Å². The summed E-state index contributed by atoms with van der Waals surface area (Å²) in [6.07, 6.45) is 0. The van der Waals surface area contributed by atoms with Crippen LogP contribution in [0.5, 0.6) is 0 Å². The second-order valence-electron chi connectivity index (χ2n) is 17.8. The Hall–Kier alpha value is -4.67. The summed E-state index contributed by atoms with van der Waals surface area (Å²) >= 11 is 1.92. The molecule has 11 rings (SSSR count). The lowest BCUT2D eigenvalue weighted by Crippen LogP contribution is -2.61. The number of nitrogens with zero attached hydrogens (tertiary/aromatic N) is 2. The Balaban J connectivity index is 1.41. The first kappa shape index (κ1) is 30.0. The van der Waals surface area contributed by atoms with Crippen molar-refractivity contribution in [1.82, 2.24) is 4.57 Å². The van der Waals surface area contributed by atoms with Crippen LogP contribution in [0.15, 0.2) is 113 Å². The van der Waals surface area contributed by atoms with E-state index in [2.05, 4.69) is 168 Å². The van der Waals surface area contributed by atoms with E-state index in [1.54, 1.807) is 0 Å². The van der Waals surface area contributed by atoms with E-state index in [0.717, 1.165) is 0 Å². The van der Waals surface area contributed by atoms with E-state index >= 15 is 0 Å². The van der Waals surface area contributed by atoms with Crippen LogP contribution in [0.3, 0.4) is 0 Å². The summed E-state index contributed by atoms with van der Waals surface area (Å²) in [6.45, 7) is 19.0. The number of anilines is 2. The third kappa shape index (κ3) is 3.67. The van der Waals surface area contributed by atoms with Gasteiger partial charge in [0.05, 0.1) is 22.4 Å². The minimum atomic E-state index is -0.127. The van der Waals surface area contributed by atoms with Crippen molar-refractivity contribution in [3.63, 3.8) is 0 Å². The molecule has 0 fully saturated rings. The third-order valence-electron chi connectivity index (χ3n) is 12.4. The highest BCUT2D eigenvalue weighted by atomic mass is 32.2. The van der Waals surface area contributed by atoms with Crippen molar-refractivity contribution in [2.45, 2.75) is 81.4 Å². The lowest BCUT2D eigenvalue weighted by molar-refractivity contribution is 0.590. The van der Waals surface area contributed by atoms with E-state index in [9.17, 15) is 0 Å². The summed E-state index contributed by atoms with van der Waals surface area (Å²) in [6, 6.07) is 40.3.